The standard InChI is InChI=1S/C14H11NOS/c1-2-6-11(7-3-1)10-15-14-16-12-8-4-5-9-13(12)17-14/h1-9H,10H2. The third-order valence-corrected chi connectivity index (χ3v) is 3.42. The van der Waals surface area contributed by atoms with Gasteiger partial charge in [-0.25, -0.2) is 4.99 Å². The molecule has 3 aromatic rings. The van der Waals surface area contributed by atoms with Crippen LogP contribution in [-0.2, 0) is 6.54 Å². The van der Waals surface area contributed by atoms with E-state index in [2.05, 4.69) is 17.1 Å². The zero-order valence-electron chi connectivity index (χ0n) is 9.17. The summed E-state index contributed by atoms with van der Waals surface area (Å²) in [5, 5.41) is 0. The molecule has 0 fully saturated rings. The number of hydrogen-bond acceptors (Lipinski definition) is 3. The van der Waals surface area contributed by atoms with Crippen molar-refractivity contribution < 1.29 is 4.42 Å². The Morgan fingerprint density at radius 3 is 2.53 bits per heavy atom. The molecule has 0 aliphatic carbocycles. The lowest BCUT2D eigenvalue weighted by molar-refractivity contribution is 0.560. The van der Waals surface area contributed by atoms with Gasteiger partial charge in [0.15, 0.2) is 0 Å². The minimum absolute atomic E-state index is 0.664. The van der Waals surface area contributed by atoms with Gasteiger partial charge in [-0.3, -0.25) is 0 Å². The molecule has 2 aromatic carbocycles. The van der Waals surface area contributed by atoms with E-state index in [1.54, 1.807) is 11.3 Å². The first-order chi connectivity index (χ1) is 8.42. The predicted octanol–water partition coefficient (Wildman–Crippen LogP) is 3.60. The van der Waals surface area contributed by atoms with Gasteiger partial charge in [-0.05, 0) is 17.7 Å². The van der Waals surface area contributed by atoms with Gasteiger partial charge in [0.1, 0.15) is 5.58 Å². The highest BCUT2D eigenvalue weighted by atomic mass is 32.1. The summed E-state index contributed by atoms with van der Waals surface area (Å²) in [6, 6.07) is 18.2. The molecule has 0 N–H and O–H groups in total. The van der Waals surface area contributed by atoms with Gasteiger partial charge in [0, 0.05) is 0 Å². The van der Waals surface area contributed by atoms with E-state index in [1.165, 1.54) is 5.56 Å². The van der Waals surface area contributed by atoms with Crippen LogP contribution in [0.2, 0.25) is 0 Å². The fraction of sp³-hybridized carbons (Fsp3) is 0.0714. The van der Waals surface area contributed by atoms with Crippen LogP contribution in [0.5, 0.6) is 0 Å². The monoisotopic (exact) mass is 241 g/mol. The summed E-state index contributed by atoms with van der Waals surface area (Å²) in [4.78, 5) is 5.20. The number of hydrogen-bond donors (Lipinski definition) is 0. The summed E-state index contributed by atoms with van der Waals surface area (Å²) in [5.41, 5.74) is 2.10. The van der Waals surface area contributed by atoms with Crippen molar-refractivity contribution in [3.05, 3.63) is 65.0 Å². The van der Waals surface area contributed by atoms with Gasteiger partial charge in [0.2, 0.25) is 0 Å². The predicted molar refractivity (Wildman–Crippen MR) is 69.8 cm³/mol. The molecule has 0 aliphatic heterocycles. The quantitative estimate of drug-likeness (QED) is 0.673. The number of rotatable bonds is 2. The fourth-order valence-corrected chi connectivity index (χ4v) is 2.44. The number of fused-ring (bicyclic) bond motifs is 1. The van der Waals surface area contributed by atoms with E-state index < -0.39 is 0 Å². The minimum atomic E-state index is 0.664. The highest BCUT2D eigenvalue weighted by molar-refractivity contribution is 7.16. The van der Waals surface area contributed by atoms with Gasteiger partial charge >= 0.3 is 0 Å². The molecule has 17 heavy (non-hydrogen) atoms. The van der Waals surface area contributed by atoms with Crippen LogP contribution in [-0.4, -0.2) is 0 Å². The summed E-state index contributed by atoms with van der Waals surface area (Å²) in [7, 11) is 0. The number of para-hydroxylation sites is 1. The lowest BCUT2D eigenvalue weighted by atomic mass is 10.2. The summed E-state index contributed by atoms with van der Waals surface area (Å²) in [6.45, 7) is 0.664. The zero-order chi connectivity index (χ0) is 11.5. The molecule has 0 radical (unpaired) electrons. The van der Waals surface area contributed by atoms with Crippen LogP contribution in [0.4, 0.5) is 0 Å². The molecule has 1 aromatic heterocycles. The van der Waals surface area contributed by atoms with E-state index >= 15 is 0 Å². The van der Waals surface area contributed by atoms with Crippen molar-refractivity contribution in [2.24, 2.45) is 4.99 Å². The Hall–Kier alpha value is -1.87. The summed E-state index contributed by atoms with van der Waals surface area (Å²) in [5.74, 6) is 0. The fourth-order valence-electron chi connectivity index (χ4n) is 1.63. The molecule has 3 heteroatoms. The van der Waals surface area contributed by atoms with Crippen molar-refractivity contribution in [3.63, 3.8) is 0 Å². The Labute approximate surface area is 103 Å². The molecule has 84 valence electrons. The molecule has 0 saturated carbocycles. The summed E-state index contributed by atoms with van der Waals surface area (Å²) in [6.07, 6.45) is 0. The first kappa shape index (κ1) is 10.3. The van der Waals surface area contributed by atoms with Crippen molar-refractivity contribution in [3.8, 4) is 0 Å². The van der Waals surface area contributed by atoms with Crippen molar-refractivity contribution >= 4 is 21.6 Å². The second-order valence-corrected chi connectivity index (χ2v) is 4.71. The van der Waals surface area contributed by atoms with E-state index in [9.17, 15) is 0 Å². The van der Waals surface area contributed by atoms with Crippen molar-refractivity contribution in [1.82, 2.24) is 0 Å². The highest BCUT2D eigenvalue weighted by Crippen LogP contribution is 2.15. The van der Waals surface area contributed by atoms with Crippen molar-refractivity contribution in [2.45, 2.75) is 6.54 Å². The zero-order valence-corrected chi connectivity index (χ0v) is 9.98. The molecule has 1 heterocycles. The highest BCUT2D eigenvalue weighted by Gasteiger charge is 1.97. The Morgan fingerprint density at radius 2 is 1.71 bits per heavy atom. The SMILES string of the molecule is c1ccc(CN=c2oc3ccccc3s2)cc1. The summed E-state index contributed by atoms with van der Waals surface area (Å²) < 4.78 is 6.78. The Balaban J connectivity index is 1.93. The van der Waals surface area contributed by atoms with E-state index in [-0.39, 0.29) is 0 Å². The van der Waals surface area contributed by atoms with Crippen LogP contribution in [0.3, 0.4) is 0 Å². The normalized spacial score (nSPS) is 12.1. The Kier molecular flexibility index (Phi) is 2.76. The van der Waals surface area contributed by atoms with Gasteiger partial charge in [-0.15, -0.1) is 0 Å². The molecule has 0 spiro atoms. The van der Waals surface area contributed by atoms with Gasteiger partial charge < -0.3 is 4.42 Å². The van der Waals surface area contributed by atoms with E-state index in [1.807, 2.05) is 42.5 Å². The lowest BCUT2D eigenvalue weighted by Gasteiger charge is -1.91. The summed E-state index contributed by atoms with van der Waals surface area (Å²) >= 11 is 1.58. The molecule has 3 rings (SSSR count). The minimum Gasteiger partial charge on any atom is -0.430 e. The molecule has 0 aliphatic rings. The molecule has 2 nitrogen and oxygen atoms in total. The Bertz CT molecular complexity index is 646. The van der Waals surface area contributed by atoms with Crippen molar-refractivity contribution in [1.29, 1.82) is 0 Å². The molecular weight excluding hydrogens is 230 g/mol. The van der Waals surface area contributed by atoms with Crippen LogP contribution in [0.1, 0.15) is 5.56 Å². The Morgan fingerprint density at radius 1 is 0.941 bits per heavy atom. The van der Waals surface area contributed by atoms with Crippen LogP contribution in [0, 0.1) is 0 Å². The third-order valence-electron chi connectivity index (χ3n) is 2.48. The van der Waals surface area contributed by atoms with Gasteiger partial charge in [-0.1, -0.05) is 53.8 Å². The molecule has 0 amide bonds. The van der Waals surface area contributed by atoms with Gasteiger partial charge in [-0.2, -0.15) is 0 Å². The van der Waals surface area contributed by atoms with Crippen LogP contribution >= 0.6 is 11.3 Å². The topological polar surface area (TPSA) is 25.5 Å². The number of nitrogens with zero attached hydrogens (tertiary/aromatic N) is 1. The van der Waals surface area contributed by atoms with E-state index in [0.29, 0.717) is 6.54 Å². The first-order valence-electron chi connectivity index (χ1n) is 5.45. The molecular formula is C14H11NOS. The molecule has 0 unspecified atom stereocenters. The van der Waals surface area contributed by atoms with Crippen LogP contribution in [0.15, 0.2) is 64.0 Å². The third kappa shape index (κ3) is 2.29. The van der Waals surface area contributed by atoms with Gasteiger partial charge in [0.05, 0.1) is 11.2 Å². The van der Waals surface area contributed by atoms with E-state index in [0.717, 1.165) is 15.2 Å². The smallest absolute Gasteiger partial charge is 0.274 e. The van der Waals surface area contributed by atoms with Crippen LogP contribution in [0.25, 0.3) is 10.3 Å². The maximum Gasteiger partial charge on any atom is 0.274 e. The first-order valence-corrected chi connectivity index (χ1v) is 6.26. The maximum absolute atomic E-state index is 5.64. The largest absolute Gasteiger partial charge is 0.430 e. The molecule has 0 atom stereocenters. The second kappa shape index (κ2) is 4.55. The van der Waals surface area contributed by atoms with Crippen LogP contribution < -0.4 is 4.87 Å². The van der Waals surface area contributed by atoms with Gasteiger partial charge in [0.25, 0.3) is 4.87 Å². The second-order valence-electron chi connectivity index (χ2n) is 3.72. The lowest BCUT2D eigenvalue weighted by Crippen LogP contribution is -1.91. The average Bonchev–Trinajstić information content (AvgIpc) is 2.80. The average molecular weight is 241 g/mol. The number of benzene rings is 2. The van der Waals surface area contributed by atoms with E-state index in [4.69, 9.17) is 4.42 Å². The van der Waals surface area contributed by atoms with Crippen molar-refractivity contribution in [2.75, 3.05) is 0 Å². The maximum atomic E-state index is 5.64. The molecule has 0 bridgehead atoms. The molecule has 0 saturated heterocycles.